The number of anilines is 1. The molecule has 0 fully saturated rings. The summed E-state index contributed by atoms with van der Waals surface area (Å²) >= 11 is 0. The molecule has 0 unspecified atom stereocenters. The fraction of sp³-hybridized carbons (Fsp3) is 0.615. The van der Waals surface area contributed by atoms with Gasteiger partial charge in [0.1, 0.15) is 0 Å². The normalized spacial score (nSPS) is 14.6. The van der Waals surface area contributed by atoms with E-state index < -0.39 is 0 Å². The Kier molecular flexibility index (Phi) is 2.74. The second kappa shape index (κ2) is 4.22. The number of nitrogens with zero attached hydrogens (tertiary/aromatic N) is 5. The number of imidazole rings is 1. The highest BCUT2D eigenvalue weighted by molar-refractivity contribution is 5.75. The van der Waals surface area contributed by atoms with Crippen molar-refractivity contribution in [2.45, 2.75) is 20.4 Å². The van der Waals surface area contributed by atoms with Crippen LogP contribution in [0, 0.1) is 5.92 Å². The van der Waals surface area contributed by atoms with Crippen molar-refractivity contribution in [2.75, 3.05) is 18.0 Å². The molecule has 0 saturated carbocycles. The summed E-state index contributed by atoms with van der Waals surface area (Å²) in [5.74, 6) is 1.32. The molecule has 7 nitrogen and oxygen atoms in total. The van der Waals surface area contributed by atoms with Crippen molar-refractivity contribution in [3.63, 3.8) is 0 Å². The summed E-state index contributed by atoms with van der Waals surface area (Å²) in [5, 5.41) is 0. The molecule has 108 valence electrons. The third-order valence-corrected chi connectivity index (χ3v) is 3.79. The van der Waals surface area contributed by atoms with Crippen LogP contribution in [0.25, 0.3) is 11.2 Å². The molecule has 3 heterocycles. The van der Waals surface area contributed by atoms with Gasteiger partial charge in [0, 0.05) is 33.7 Å². The van der Waals surface area contributed by atoms with Crippen LogP contribution in [0.1, 0.15) is 13.8 Å². The lowest BCUT2D eigenvalue weighted by atomic mass is 10.2. The van der Waals surface area contributed by atoms with Gasteiger partial charge in [-0.2, -0.15) is 4.98 Å². The van der Waals surface area contributed by atoms with E-state index in [2.05, 4.69) is 23.7 Å². The first-order chi connectivity index (χ1) is 9.41. The van der Waals surface area contributed by atoms with Gasteiger partial charge in [0.15, 0.2) is 11.2 Å². The van der Waals surface area contributed by atoms with E-state index >= 15 is 0 Å². The molecule has 1 aliphatic heterocycles. The molecule has 0 aliphatic carbocycles. The van der Waals surface area contributed by atoms with E-state index in [9.17, 15) is 9.59 Å². The van der Waals surface area contributed by atoms with Crippen molar-refractivity contribution >= 4 is 17.1 Å². The zero-order chi connectivity index (χ0) is 14.6. The predicted molar refractivity (Wildman–Crippen MR) is 77.3 cm³/mol. The number of aromatic nitrogens is 4. The number of hydrogen-bond acceptors (Lipinski definition) is 4. The molecule has 0 amide bonds. The first-order valence-electron chi connectivity index (χ1n) is 6.83. The minimum atomic E-state index is -0.338. The fourth-order valence-corrected chi connectivity index (χ4v) is 2.82. The van der Waals surface area contributed by atoms with Crippen LogP contribution >= 0.6 is 0 Å². The molecule has 0 atom stereocenters. The standard InChI is InChI=1S/C13H19N5O2/c1-8(2)7-17-5-6-18-9-10(14-12(17)18)15(3)13(20)16(4)11(9)19/h8H,5-7H2,1-4H3. The summed E-state index contributed by atoms with van der Waals surface area (Å²) in [6.07, 6.45) is 0. The molecular formula is C13H19N5O2. The van der Waals surface area contributed by atoms with Crippen LogP contribution < -0.4 is 16.1 Å². The smallest absolute Gasteiger partial charge is 0.332 e. The Morgan fingerprint density at radius 1 is 1.15 bits per heavy atom. The van der Waals surface area contributed by atoms with Crippen LogP contribution in [0.4, 0.5) is 5.95 Å². The molecular weight excluding hydrogens is 258 g/mol. The minimum absolute atomic E-state index is 0.270. The second-order valence-electron chi connectivity index (χ2n) is 5.78. The quantitative estimate of drug-likeness (QED) is 0.769. The first kappa shape index (κ1) is 13.0. The topological polar surface area (TPSA) is 65.1 Å². The van der Waals surface area contributed by atoms with Crippen molar-refractivity contribution < 1.29 is 0 Å². The molecule has 0 saturated heterocycles. The lowest BCUT2D eigenvalue weighted by Crippen LogP contribution is -2.37. The maximum Gasteiger partial charge on any atom is 0.332 e. The van der Waals surface area contributed by atoms with Gasteiger partial charge in [0.25, 0.3) is 5.56 Å². The number of fused-ring (bicyclic) bond motifs is 3. The van der Waals surface area contributed by atoms with E-state index in [1.54, 1.807) is 7.05 Å². The Bertz CT molecular complexity index is 796. The summed E-state index contributed by atoms with van der Waals surface area (Å²) in [5.41, 5.74) is 0.389. The van der Waals surface area contributed by atoms with Gasteiger partial charge < -0.3 is 9.47 Å². The lowest BCUT2D eigenvalue weighted by molar-refractivity contribution is 0.617. The highest BCUT2D eigenvalue weighted by Crippen LogP contribution is 2.25. The fourth-order valence-electron chi connectivity index (χ4n) is 2.82. The molecule has 1 aliphatic rings. The van der Waals surface area contributed by atoms with Crippen LogP contribution in [-0.2, 0) is 20.6 Å². The SMILES string of the molecule is CC(C)CN1CCn2c1nc1c2c(=O)n(C)c(=O)n1C. The average Bonchev–Trinajstić information content (AvgIpc) is 2.93. The molecule has 7 heteroatoms. The van der Waals surface area contributed by atoms with E-state index in [1.807, 2.05) is 4.57 Å². The monoisotopic (exact) mass is 277 g/mol. The second-order valence-corrected chi connectivity index (χ2v) is 5.78. The van der Waals surface area contributed by atoms with E-state index in [4.69, 9.17) is 0 Å². The lowest BCUT2D eigenvalue weighted by Gasteiger charge is -2.17. The third-order valence-electron chi connectivity index (χ3n) is 3.79. The van der Waals surface area contributed by atoms with E-state index in [0.717, 1.165) is 30.1 Å². The Morgan fingerprint density at radius 3 is 2.50 bits per heavy atom. The number of aryl methyl sites for hydroxylation is 1. The van der Waals surface area contributed by atoms with E-state index in [0.29, 0.717) is 17.1 Å². The molecule has 0 spiro atoms. The zero-order valence-corrected chi connectivity index (χ0v) is 12.3. The van der Waals surface area contributed by atoms with Gasteiger partial charge in [-0.25, -0.2) is 4.79 Å². The van der Waals surface area contributed by atoms with Gasteiger partial charge in [-0.3, -0.25) is 13.9 Å². The van der Waals surface area contributed by atoms with Crippen molar-refractivity contribution in [3.8, 4) is 0 Å². The van der Waals surface area contributed by atoms with Gasteiger partial charge in [0.2, 0.25) is 5.95 Å². The van der Waals surface area contributed by atoms with E-state index in [-0.39, 0.29) is 11.2 Å². The summed E-state index contributed by atoms with van der Waals surface area (Å²) in [4.78, 5) is 31.0. The maximum absolute atomic E-state index is 12.3. The third kappa shape index (κ3) is 1.62. The van der Waals surface area contributed by atoms with Crippen molar-refractivity contribution in [1.82, 2.24) is 18.7 Å². The predicted octanol–water partition coefficient (Wildman–Crippen LogP) is -0.0903. The molecule has 2 aromatic rings. The van der Waals surface area contributed by atoms with Gasteiger partial charge in [0.05, 0.1) is 0 Å². The average molecular weight is 277 g/mol. The van der Waals surface area contributed by atoms with Crippen LogP contribution in [0.5, 0.6) is 0 Å². The maximum atomic E-state index is 12.3. The van der Waals surface area contributed by atoms with Crippen LogP contribution in [-0.4, -0.2) is 31.8 Å². The molecule has 0 aromatic carbocycles. The molecule has 0 bridgehead atoms. The Hall–Kier alpha value is -2.05. The van der Waals surface area contributed by atoms with Crippen LogP contribution in [0.3, 0.4) is 0 Å². The van der Waals surface area contributed by atoms with Crippen molar-refractivity contribution in [3.05, 3.63) is 20.8 Å². The summed E-state index contributed by atoms with van der Waals surface area (Å²) < 4.78 is 4.51. The van der Waals surface area contributed by atoms with Crippen molar-refractivity contribution in [2.24, 2.45) is 20.0 Å². The Morgan fingerprint density at radius 2 is 1.85 bits per heavy atom. The molecule has 3 rings (SSSR count). The molecule has 20 heavy (non-hydrogen) atoms. The van der Waals surface area contributed by atoms with Gasteiger partial charge in [-0.15, -0.1) is 0 Å². The highest BCUT2D eigenvalue weighted by Gasteiger charge is 2.27. The zero-order valence-electron chi connectivity index (χ0n) is 12.3. The molecule has 0 N–H and O–H groups in total. The first-order valence-corrected chi connectivity index (χ1v) is 6.83. The van der Waals surface area contributed by atoms with Gasteiger partial charge >= 0.3 is 5.69 Å². The number of rotatable bonds is 2. The Labute approximate surface area is 116 Å². The summed E-state index contributed by atoms with van der Waals surface area (Å²) in [6.45, 7) is 6.81. The molecule has 0 radical (unpaired) electrons. The highest BCUT2D eigenvalue weighted by atomic mass is 16.2. The molecule has 2 aromatic heterocycles. The Balaban J connectivity index is 2.29. The van der Waals surface area contributed by atoms with Crippen molar-refractivity contribution in [1.29, 1.82) is 0 Å². The largest absolute Gasteiger partial charge is 0.340 e. The summed E-state index contributed by atoms with van der Waals surface area (Å²) in [6, 6.07) is 0. The number of hydrogen-bond donors (Lipinski definition) is 0. The van der Waals surface area contributed by atoms with E-state index in [1.165, 1.54) is 11.6 Å². The van der Waals surface area contributed by atoms with Crippen LogP contribution in [0.15, 0.2) is 9.59 Å². The van der Waals surface area contributed by atoms with Crippen LogP contribution in [0.2, 0.25) is 0 Å². The summed E-state index contributed by atoms with van der Waals surface area (Å²) in [7, 11) is 3.16. The minimum Gasteiger partial charge on any atom is -0.340 e. The van der Waals surface area contributed by atoms with Gasteiger partial charge in [-0.05, 0) is 5.92 Å². The van der Waals surface area contributed by atoms with Gasteiger partial charge in [-0.1, -0.05) is 13.8 Å².